The Bertz CT molecular complexity index is 114. The van der Waals surface area contributed by atoms with Gasteiger partial charge in [-0.1, -0.05) is 6.92 Å². The second kappa shape index (κ2) is 2.51. The van der Waals surface area contributed by atoms with Gasteiger partial charge in [0.25, 0.3) is 0 Å². The molecular weight excluding hydrogens is 124 g/mol. The predicted octanol–water partition coefficient (Wildman–Crippen LogP) is 0.346. The molecule has 0 bridgehead atoms. The number of hydrogen-bond donors (Lipinski definition) is 2. The molecule has 1 heterocycles. The number of nitrogens with one attached hydrogen (secondary N) is 2. The first-order chi connectivity index (χ1) is 4.84. The topological polar surface area (TPSA) is 24.1 Å². The lowest BCUT2D eigenvalue weighted by Gasteiger charge is -2.39. The van der Waals surface area contributed by atoms with Crippen LogP contribution in [0.2, 0.25) is 0 Å². The summed E-state index contributed by atoms with van der Waals surface area (Å²) in [5.74, 6) is 0.977. The summed E-state index contributed by atoms with van der Waals surface area (Å²) in [6.45, 7) is 4.70. The molecule has 0 aromatic rings. The minimum absolute atomic E-state index is 0.789. The van der Waals surface area contributed by atoms with Gasteiger partial charge in [0, 0.05) is 25.2 Å². The normalized spacial score (nSPS) is 40.5. The Kier molecular flexibility index (Phi) is 1.66. The minimum Gasteiger partial charge on any atom is -0.314 e. The molecule has 1 saturated heterocycles. The molecule has 2 rings (SSSR count). The van der Waals surface area contributed by atoms with Crippen molar-refractivity contribution < 1.29 is 0 Å². The molecule has 1 aliphatic carbocycles. The molecule has 0 aromatic carbocycles. The van der Waals surface area contributed by atoms with Crippen LogP contribution in [-0.4, -0.2) is 25.2 Å². The van der Waals surface area contributed by atoms with E-state index < -0.39 is 0 Å². The molecule has 0 spiro atoms. The smallest absolute Gasteiger partial charge is 0.0319 e. The SMILES string of the molecule is CC1CC(NC2CNC2)C1. The highest BCUT2D eigenvalue weighted by molar-refractivity contribution is 4.90. The highest BCUT2D eigenvalue weighted by Crippen LogP contribution is 2.26. The monoisotopic (exact) mass is 140 g/mol. The molecule has 0 radical (unpaired) electrons. The molecule has 0 atom stereocenters. The summed E-state index contributed by atoms with van der Waals surface area (Å²) in [4.78, 5) is 0. The van der Waals surface area contributed by atoms with Crippen molar-refractivity contribution in [2.24, 2.45) is 5.92 Å². The third kappa shape index (κ3) is 1.18. The van der Waals surface area contributed by atoms with Crippen LogP contribution in [0.25, 0.3) is 0 Å². The van der Waals surface area contributed by atoms with Gasteiger partial charge in [0.2, 0.25) is 0 Å². The van der Waals surface area contributed by atoms with Crippen molar-refractivity contribution >= 4 is 0 Å². The van der Waals surface area contributed by atoms with Crippen LogP contribution in [0.4, 0.5) is 0 Å². The highest BCUT2D eigenvalue weighted by atomic mass is 15.1. The first-order valence-corrected chi connectivity index (χ1v) is 4.31. The third-order valence-electron chi connectivity index (χ3n) is 2.63. The molecule has 2 fully saturated rings. The van der Waals surface area contributed by atoms with E-state index in [0.29, 0.717) is 0 Å². The van der Waals surface area contributed by atoms with Crippen molar-refractivity contribution in [1.29, 1.82) is 0 Å². The maximum Gasteiger partial charge on any atom is 0.0319 e. The first-order valence-electron chi connectivity index (χ1n) is 4.31. The van der Waals surface area contributed by atoms with Crippen LogP contribution in [0.1, 0.15) is 19.8 Å². The van der Waals surface area contributed by atoms with E-state index >= 15 is 0 Å². The molecule has 2 aliphatic rings. The highest BCUT2D eigenvalue weighted by Gasteiger charge is 2.28. The second-order valence-electron chi connectivity index (χ2n) is 3.80. The molecule has 0 amide bonds. The first kappa shape index (κ1) is 6.62. The Morgan fingerprint density at radius 1 is 1.20 bits per heavy atom. The summed E-state index contributed by atoms with van der Waals surface area (Å²) >= 11 is 0. The van der Waals surface area contributed by atoms with Gasteiger partial charge < -0.3 is 10.6 Å². The zero-order valence-electron chi connectivity index (χ0n) is 6.56. The summed E-state index contributed by atoms with van der Waals surface area (Å²) < 4.78 is 0. The zero-order chi connectivity index (χ0) is 6.97. The van der Waals surface area contributed by atoms with Crippen molar-refractivity contribution in [2.75, 3.05) is 13.1 Å². The van der Waals surface area contributed by atoms with Gasteiger partial charge in [-0.15, -0.1) is 0 Å². The molecule has 2 heteroatoms. The van der Waals surface area contributed by atoms with Crippen molar-refractivity contribution in [3.8, 4) is 0 Å². The van der Waals surface area contributed by atoms with Crippen molar-refractivity contribution in [1.82, 2.24) is 10.6 Å². The van der Waals surface area contributed by atoms with E-state index in [-0.39, 0.29) is 0 Å². The number of rotatable bonds is 2. The maximum atomic E-state index is 3.62. The van der Waals surface area contributed by atoms with Gasteiger partial charge in [-0.2, -0.15) is 0 Å². The van der Waals surface area contributed by atoms with Crippen LogP contribution in [0.5, 0.6) is 0 Å². The average molecular weight is 140 g/mol. The van der Waals surface area contributed by atoms with Crippen LogP contribution >= 0.6 is 0 Å². The fraction of sp³-hybridized carbons (Fsp3) is 1.00. The van der Waals surface area contributed by atoms with Crippen molar-refractivity contribution in [2.45, 2.75) is 31.8 Å². The third-order valence-corrected chi connectivity index (χ3v) is 2.63. The molecule has 10 heavy (non-hydrogen) atoms. The van der Waals surface area contributed by atoms with E-state index in [0.717, 1.165) is 18.0 Å². The van der Waals surface area contributed by atoms with Gasteiger partial charge >= 0.3 is 0 Å². The molecule has 2 nitrogen and oxygen atoms in total. The molecule has 1 saturated carbocycles. The van der Waals surface area contributed by atoms with Crippen LogP contribution in [-0.2, 0) is 0 Å². The van der Waals surface area contributed by atoms with Gasteiger partial charge in [0.1, 0.15) is 0 Å². The van der Waals surface area contributed by atoms with Crippen LogP contribution in [0.3, 0.4) is 0 Å². The average Bonchev–Trinajstić information content (AvgIpc) is 1.72. The Balaban J connectivity index is 1.62. The quantitative estimate of drug-likeness (QED) is 0.578. The van der Waals surface area contributed by atoms with Crippen LogP contribution in [0, 0.1) is 5.92 Å². The Hall–Kier alpha value is -0.0800. The van der Waals surface area contributed by atoms with Gasteiger partial charge in [-0.3, -0.25) is 0 Å². The molecule has 1 aliphatic heterocycles. The molecule has 0 unspecified atom stereocenters. The molecule has 58 valence electrons. The fourth-order valence-electron chi connectivity index (χ4n) is 1.78. The Morgan fingerprint density at radius 2 is 1.90 bits per heavy atom. The van der Waals surface area contributed by atoms with Crippen molar-refractivity contribution in [3.63, 3.8) is 0 Å². The van der Waals surface area contributed by atoms with Crippen LogP contribution in [0.15, 0.2) is 0 Å². The summed E-state index contributed by atoms with van der Waals surface area (Å²) in [6.07, 6.45) is 2.80. The van der Waals surface area contributed by atoms with E-state index in [1.54, 1.807) is 0 Å². The lowest BCUT2D eigenvalue weighted by molar-refractivity contribution is 0.200. The minimum atomic E-state index is 0.789. The van der Waals surface area contributed by atoms with Gasteiger partial charge in [0.05, 0.1) is 0 Å². The summed E-state index contributed by atoms with van der Waals surface area (Å²) in [7, 11) is 0. The molecule has 2 N–H and O–H groups in total. The largest absolute Gasteiger partial charge is 0.314 e. The predicted molar refractivity (Wildman–Crippen MR) is 42.0 cm³/mol. The Morgan fingerprint density at radius 3 is 2.30 bits per heavy atom. The van der Waals surface area contributed by atoms with Gasteiger partial charge in [-0.05, 0) is 18.8 Å². The molecular formula is C8H16N2. The van der Waals surface area contributed by atoms with Gasteiger partial charge in [-0.25, -0.2) is 0 Å². The summed E-state index contributed by atoms with van der Waals surface area (Å²) in [6, 6.07) is 1.64. The lowest BCUT2D eigenvalue weighted by Crippen LogP contribution is -2.60. The van der Waals surface area contributed by atoms with Gasteiger partial charge in [0.15, 0.2) is 0 Å². The summed E-state index contributed by atoms with van der Waals surface area (Å²) in [5.41, 5.74) is 0. The van der Waals surface area contributed by atoms with E-state index in [9.17, 15) is 0 Å². The van der Waals surface area contributed by atoms with Crippen LogP contribution < -0.4 is 10.6 Å². The van der Waals surface area contributed by atoms with E-state index in [1.807, 2.05) is 0 Å². The van der Waals surface area contributed by atoms with E-state index in [4.69, 9.17) is 0 Å². The summed E-state index contributed by atoms with van der Waals surface area (Å²) in [5, 5.41) is 6.88. The number of hydrogen-bond acceptors (Lipinski definition) is 2. The standard InChI is InChI=1S/C8H16N2/c1-6-2-7(3-6)10-8-4-9-5-8/h6-10H,2-5H2,1H3. The Labute approximate surface area is 62.4 Å². The maximum absolute atomic E-state index is 3.62. The zero-order valence-corrected chi connectivity index (χ0v) is 6.56. The fourth-order valence-corrected chi connectivity index (χ4v) is 1.78. The lowest BCUT2D eigenvalue weighted by atomic mass is 9.81. The van der Waals surface area contributed by atoms with E-state index in [1.165, 1.54) is 25.9 Å². The second-order valence-corrected chi connectivity index (χ2v) is 3.80. The van der Waals surface area contributed by atoms with E-state index in [2.05, 4.69) is 17.6 Å². The van der Waals surface area contributed by atoms with Crippen molar-refractivity contribution in [3.05, 3.63) is 0 Å². The molecule has 0 aromatic heterocycles.